The predicted octanol–water partition coefficient (Wildman–Crippen LogP) is 3.65. The molecule has 1 aromatic carbocycles. The topological polar surface area (TPSA) is 86.3 Å². The fourth-order valence-corrected chi connectivity index (χ4v) is 3.71. The number of halogens is 2. The molecule has 10 heteroatoms. The molecule has 1 amide bonds. The molecule has 1 aliphatic heterocycles. The third-order valence-corrected chi connectivity index (χ3v) is 5.66. The second kappa shape index (κ2) is 10.7. The summed E-state index contributed by atoms with van der Waals surface area (Å²) in [5.41, 5.74) is 1.93. The molecule has 4 rings (SSSR count). The van der Waals surface area contributed by atoms with Gasteiger partial charge >= 0.3 is 0 Å². The first-order valence-corrected chi connectivity index (χ1v) is 11.1. The maximum absolute atomic E-state index is 14.2. The molecule has 33 heavy (non-hydrogen) atoms. The largest absolute Gasteiger partial charge is 0.354 e. The second-order valence-electron chi connectivity index (χ2n) is 7.95. The summed E-state index contributed by atoms with van der Waals surface area (Å²) in [4.78, 5) is 21.2. The lowest BCUT2D eigenvalue weighted by Gasteiger charge is -2.32. The van der Waals surface area contributed by atoms with E-state index >= 15 is 0 Å². The molecule has 2 N–H and O–H groups in total. The van der Waals surface area contributed by atoms with Crippen LogP contribution in [0.1, 0.15) is 6.42 Å². The van der Waals surface area contributed by atoms with Gasteiger partial charge in [-0.05, 0) is 37.4 Å². The normalized spacial score (nSPS) is 14.8. The van der Waals surface area contributed by atoms with Crippen LogP contribution in [0.4, 0.5) is 21.6 Å². The van der Waals surface area contributed by atoms with E-state index in [2.05, 4.69) is 42.7 Å². The Balaban J connectivity index is 1.37. The van der Waals surface area contributed by atoms with E-state index in [1.165, 1.54) is 24.4 Å². The Morgan fingerprint density at radius 1 is 1.12 bits per heavy atom. The number of carbonyl (C=O) groups is 1. The molecule has 8 nitrogen and oxygen atoms in total. The Hall–Kier alpha value is -3.14. The summed E-state index contributed by atoms with van der Waals surface area (Å²) < 4.78 is 14.2. The number of nitrogens with one attached hydrogen (secondary N) is 2. The van der Waals surface area contributed by atoms with Gasteiger partial charge in [-0.25, -0.2) is 9.37 Å². The number of piperazine rings is 1. The van der Waals surface area contributed by atoms with Gasteiger partial charge in [-0.1, -0.05) is 11.6 Å². The van der Waals surface area contributed by atoms with Gasteiger partial charge in [-0.3, -0.25) is 4.79 Å². The third kappa shape index (κ3) is 6.44. The van der Waals surface area contributed by atoms with E-state index < -0.39 is 5.82 Å². The van der Waals surface area contributed by atoms with Crippen molar-refractivity contribution < 1.29 is 9.18 Å². The summed E-state index contributed by atoms with van der Waals surface area (Å²) in [5.74, 6) is -0.0642. The summed E-state index contributed by atoms with van der Waals surface area (Å²) in [7, 11) is 2.11. The second-order valence-corrected chi connectivity index (χ2v) is 8.39. The first-order valence-electron chi connectivity index (χ1n) is 10.7. The number of carbonyl (C=O) groups excluding carboxylic acids is 1. The molecule has 0 unspecified atom stereocenters. The zero-order valence-corrected chi connectivity index (χ0v) is 19.0. The monoisotopic (exact) mass is 469 g/mol. The van der Waals surface area contributed by atoms with Crippen LogP contribution in [0.5, 0.6) is 0 Å². The van der Waals surface area contributed by atoms with Crippen LogP contribution in [0.3, 0.4) is 0 Å². The van der Waals surface area contributed by atoms with E-state index in [9.17, 15) is 9.18 Å². The number of hydrogen-bond donors (Lipinski definition) is 2. The Kier molecular flexibility index (Phi) is 7.43. The van der Waals surface area contributed by atoms with Crippen LogP contribution >= 0.6 is 11.6 Å². The number of pyridine rings is 1. The maximum Gasteiger partial charge on any atom is 0.226 e. The van der Waals surface area contributed by atoms with Crippen molar-refractivity contribution in [3.8, 4) is 11.3 Å². The van der Waals surface area contributed by atoms with Gasteiger partial charge in [0.05, 0.1) is 17.6 Å². The van der Waals surface area contributed by atoms with E-state index in [4.69, 9.17) is 11.6 Å². The quantitative estimate of drug-likeness (QED) is 0.546. The molecule has 1 fully saturated rings. The van der Waals surface area contributed by atoms with Crippen LogP contribution in [0, 0.1) is 5.82 Å². The van der Waals surface area contributed by atoms with Crippen LogP contribution in [-0.2, 0) is 4.79 Å². The van der Waals surface area contributed by atoms with Crippen molar-refractivity contribution in [2.24, 2.45) is 0 Å². The molecular weight excluding hydrogens is 445 g/mol. The van der Waals surface area contributed by atoms with Crippen LogP contribution in [0.2, 0.25) is 5.02 Å². The highest BCUT2D eigenvalue weighted by molar-refractivity contribution is 6.30. The molecule has 0 spiro atoms. The summed E-state index contributed by atoms with van der Waals surface area (Å²) in [6, 6.07) is 9.45. The average Bonchev–Trinajstić information content (AvgIpc) is 2.81. The van der Waals surface area contributed by atoms with Crippen molar-refractivity contribution >= 4 is 34.7 Å². The van der Waals surface area contributed by atoms with Gasteiger partial charge in [0.1, 0.15) is 11.6 Å². The zero-order valence-electron chi connectivity index (χ0n) is 18.3. The van der Waals surface area contributed by atoms with E-state index in [-0.39, 0.29) is 11.5 Å². The fraction of sp³-hybridized carbons (Fsp3) is 0.304. The molecule has 172 valence electrons. The summed E-state index contributed by atoms with van der Waals surface area (Å²) >= 11 is 5.99. The summed E-state index contributed by atoms with van der Waals surface area (Å²) in [6.45, 7) is 4.72. The fourth-order valence-electron chi connectivity index (χ4n) is 3.54. The van der Waals surface area contributed by atoms with E-state index in [1.54, 1.807) is 24.4 Å². The molecule has 1 saturated heterocycles. The number of anilines is 3. The SMILES string of the molecule is CN1CCN(CCC(=O)Nc2cc(Nc3cnnc(-c4cc(Cl)ccc4F)c3)ccn2)CC1. The van der Waals surface area contributed by atoms with Crippen LogP contribution in [-0.4, -0.2) is 70.7 Å². The van der Waals surface area contributed by atoms with Crippen molar-refractivity contribution in [3.05, 3.63) is 59.6 Å². The standard InChI is InChI=1S/C23H25ClFN7O/c1-31-8-10-32(11-9-31)7-5-23(33)29-22-14-17(4-6-26-22)28-18-13-21(30-27-15-18)19-12-16(24)2-3-20(19)25/h2-4,6,12-15H,5,7-11H2,1H3,(H2,26,28,29,30,33). The predicted molar refractivity (Wildman–Crippen MR) is 127 cm³/mol. The third-order valence-electron chi connectivity index (χ3n) is 5.43. The first kappa shape index (κ1) is 23.0. The highest BCUT2D eigenvalue weighted by Gasteiger charge is 2.15. The highest BCUT2D eigenvalue weighted by Crippen LogP contribution is 2.27. The van der Waals surface area contributed by atoms with Gasteiger partial charge in [-0.2, -0.15) is 10.2 Å². The Morgan fingerprint density at radius 3 is 2.76 bits per heavy atom. The minimum absolute atomic E-state index is 0.0807. The smallest absolute Gasteiger partial charge is 0.226 e. The molecule has 1 aliphatic rings. The van der Waals surface area contributed by atoms with Gasteiger partial charge < -0.3 is 20.4 Å². The van der Waals surface area contributed by atoms with Crippen LogP contribution in [0.15, 0.2) is 48.8 Å². The first-order chi connectivity index (χ1) is 16.0. The van der Waals surface area contributed by atoms with Gasteiger partial charge in [0.15, 0.2) is 0 Å². The molecule has 0 saturated carbocycles. The van der Waals surface area contributed by atoms with Crippen molar-refractivity contribution in [3.63, 3.8) is 0 Å². The van der Waals surface area contributed by atoms with E-state index in [0.717, 1.165) is 32.7 Å². The summed E-state index contributed by atoms with van der Waals surface area (Å²) in [5, 5.41) is 14.4. The lowest BCUT2D eigenvalue weighted by atomic mass is 10.1. The van der Waals surface area contributed by atoms with Crippen molar-refractivity contribution in [1.82, 2.24) is 25.0 Å². The van der Waals surface area contributed by atoms with Crippen LogP contribution < -0.4 is 10.6 Å². The lowest BCUT2D eigenvalue weighted by molar-refractivity contribution is -0.116. The Bertz CT molecular complexity index is 1120. The minimum Gasteiger partial charge on any atom is -0.354 e. The molecule has 3 heterocycles. The van der Waals surface area contributed by atoms with Gasteiger partial charge in [0.2, 0.25) is 5.91 Å². The van der Waals surface area contributed by atoms with Crippen LogP contribution in [0.25, 0.3) is 11.3 Å². The maximum atomic E-state index is 14.2. The molecule has 0 bridgehead atoms. The molecule has 3 aromatic rings. The van der Waals surface area contributed by atoms with Crippen molar-refractivity contribution in [2.75, 3.05) is 50.4 Å². The number of benzene rings is 1. The number of amides is 1. The van der Waals surface area contributed by atoms with E-state index in [1.807, 2.05) is 0 Å². The van der Waals surface area contributed by atoms with Crippen molar-refractivity contribution in [2.45, 2.75) is 6.42 Å². The van der Waals surface area contributed by atoms with E-state index in [0.29, 0.717) is 34.3 Å². The molecular formula is C23H25ClFN7O. The lowest BCUT2D eigenvalue weighted by Crippen LogP contribution is -2.45. The molecule has 2 aromatic heterocycles. The number of rotatable bonds is 7. The number of hydrogen-bond acceptors (Lipinski definition) is 7. The molecule has 0 radical (unpaired) electrons. The Labute approximate surface area is 196 Å². The number of likely N-dealkylation sites (N-methyl/N-ethyl adjacent to an activating group) is 1. The molecule has 0 atom stereocenters. The van der Waals surface area contributed by atoms with Gasteiger partial charge in [0, 0.05) is 67.7 Å². The summed E-state index contributed by atoms with van der Waals surface area (Å²) in [6.07, 6.45) is 3.54. The minimum atomic E-state index is -0.434. The number of nitrogens with zero attached hydrogens (tertiary/aromatic N) is 5. The molecule has 0 aliphatic carbocycles. The Morgan fingerprint density at radius 2 is 1.94 bits per heavy atom. The van der Waals surface area contributed by atoms with Gasteiger partial charge in [0.25, 0.3) is 0 Å². The number of aromatic nitrogens is 3. The zero-order chi connectivity index (χ0) is 23.2. The van der Waals surface area contributed by atoms with Gasteiger partial charge in [-0.15, -0.1) is 0 Å². The van der Waals surface area contributed by atoms with Crippen molar-refractivity contribution in [1.29, 1.82) is 0 Å². The highest BCUT2D eigenvalue weighted by atomic mass is 35.5. The average molecular weight is 470 g/mol.